The van der Waals surface area contributed by atoms with Crippen LogP contribution in [0.5, 0.6) is 0 Å². The van der Waals surface area contributed by atoms with E-state index < -0.39 is 11.4 Å². The Hall–Kier alpha value is -1.25. The second-order valence-electron chi connectivity index (χ2n) is 3.12. The second kappa shape index (κ2) is 2.37. The first-order valence-electron chi connectivity index (χ1n) is 3.86. The number of nitrogens with zero attached hydrogens (tertiary/aromatic N) is 1. The molecule has 0 atom stereocenters. The molecule has 62 valence electrons. The van der Waals surface area contributed by atoms with Crippen molar-refractivity contribution in [3.05, 3.63) is 29.8 Å². The number of hydrogen-bond donors (Lipinski definition) is 0. The third-order valence-corrected chi connectivity index (χ3v) is 2.31. The summed E-state index contributed by atoms with van der Waals surface area (Å²) in [4.78, 5) is 14.2. The van der Waals surface area contributed by atoms with Crippen LogP contribution in [0.15, 0.2) is 18.3 Å². The molecule has 0 amide bonds. The number of hydrogen-bond acceptors (Lipinski definition) is 2. The van der Waals surface area contributed by atoms with Crippen LogP contribution in [0.3, 0.4) is 0 Å². The van der Waals surface area contributed by atoms with E-state index in [1.807, 2.05) is 0 Å². The third kappa shape index (κ3) is 0.932. The van der Waals surface area contributed by atoms with Crippen LogP contribution in [0.2, 0.25) is 0 Å². The summed E-state index contributed by atoms with van der Waals surface area (Å²) in [7, 11) is 0. The molecule has 0 unspecified atom stereocenters. The standard InChI is InChI=1S/C9H8FNO/c10-8-7(2-1-5-11-8)9(6-12)3-4-9/h1-2,5-6H,3-4H2. The van der Waals surface area contributed by atoms with Crippen molar-refractivity contribution in [1.82, 2.24) is 4.98 Å². The second-order valence-corrected chi connectivity index (χ2v) is 3.12. The molecule has 1 saturated carbocycles. The summed E-state index contributed by atoms with van der Waals surface area (Å²) in [6.45, 7) is 0. The fourth-order valence-electron chi connectivity index (χ4n) is 1.34. The summed E-state index contributed by atoms with van der Waals surface area (Å²) in [6, 6.07) is 3.28. The maximum atomic E-state index is 13.0. The molecule has 12 heavy (non-hydrogen) atoms. The Kier molecular flexibility index (Phi) is 1.46. The van der Waals surface area contributed by atoms with Crippen molar-refractivity contribution in [2.45, 2.75) is 18.3 Å². The van der Waals surface area contributed by atoms with Gasteiger partial charge in [-0.2, -0.15) is 4.39 Å². The van der Waals surface area contributed by atoms with Crippen LogP contribution in [0.4, 0.5) is 4.39 Å². The van der Waals surface area contributed by atoms with Gasteiger partial charge in [-0.3, -0.25) is 0 Å². The maximum absolute atomic E-state index is 13.0. The van der Waals surface area contributed by atoms with E-state index in [4.69, 9.17) is 0 Å². The van der Waals surface area contributed by atoms with Crippen LogP contribution in [-0.4, -0.2) is 11.3 Å². The predicted molar refractivity (Wildman–Crippen MR) is 41.2 cm³/mol. The van der Waals surface area contributed by atoms with Gasteiger partial charge in [0.2, 0.25) is 5.95 Å². The largest absolute Gasteiger partial charge is 0.302 e. The quantitative estimate of drug-likeness (QED) is 0.490. The van der Waals surface area contributed by atoms with Crippen molar-refractivity contribution in [3.8, 4) is 0 Å². The molecule has 1 aliphatic carbocycles. The molecule has 0 saturated heterocycles. The number of carbonyl (C=O) groups excluding carboxylic acids is 1. The zero-order valence-electron chi connectivity index (χ0n) is 6.46. The molecule has 2 rings (SSSR count). The molecule has 1 aromatic rings. The van der Waals surface area contributed by atoms with E-state index >= 15 is 0 Å². The van der Waals surface area contributed by atoms with Crippen molar-refractivity contribution in [3.63, 3.8) is 0 Å². The summed E-state index contributed by atoms with van der Waals surface area (Å²) >= 11 is 0. The number of halogens is 1. The Morgan fingerprint density at radius 2 is 2.33 bits per heavy atom. The van der Waals surface area contributed by atoms with Crippen molar-refractivity contribution >= 4 is 6.29 Å². The Bertz CT molecular complexity index is 320. The van der Waals surface area contributed by atoms with Crippen molar-refractivity contribution in [1.29, 1.82) is 0 Å². The molecular formula is C9H8FNO. The van der Waals surface area contributed by atoms with Crippen LogP contribution < -0.4 is 0 Å². The first-order chi connectivity index (χ1) is 5.78. The van der Waals surface area contributed by atoms with Gasteiger partial charge in [0.25, 0.3) is 0 Å². The zero-order valence-corrected chi connectivity index (χ0v) is 6.46. The Balaban J connectivity index is 2.46. The lowest BCUT2D eigenvalue weighted by Crippen LogP contribution is -2.10. The van der Waals surface area contributed by atoms with Crippen molar-refractivity contribution in [2.75, 3.05) is 0 Å². The van der Waals surface area contributed by atoms with Gasteiger partial charge in [0, 0.05) is 11.8 Å². The van der Waals surface area contributed by atoms with Gasteiger partial charge in [-0.1, -0.05) is 6.07 Å². The molecule has 0 radical (unpaired) electrons. The predicted octanol–water partition coefficient (Wildman–Crippen LogP) is 1.45. The molecule has 3 heteroatoms. The molecule has 1 fully saturated rings. The topological polar surface area (TPSA) is 30.0 Å². The molecule has 1 aromatic heterocycles. The minimum atomic E-state index is -0.543. The smallest absolute Gasteiger partial charge is 0.217 e. The van der Waals surface area contributed by atoms with Gasteiger partial charge in [0.15, 0.2) is 0 Å². The zero-order chi connectivity index (χ0) is 8.60. The molecule has 0 spiro atoms. The fourth-order valence-corrected chi connectivity index (χ4v) is 1.34. The van der Waals surface area contributed by atoms with E-state index in [9.17, 15) is 9.18 Å². The Morgan fingerprint density at radius 3 is 2.83 bits per heavy atom. The maximum Gasteiger partial charge on any atom is 0.217 e. The summed E-state index contributed by atoms with van der Waals surface area (Å²) < 4.78 is 13.0. The van der Waals surface area contributed by atoms with E-state index in [0.29, 0.717) is 5.56 Å². The van der Waals surface area contributed by atoms with E-state index in [1.165, 1.54) is 6.20 Å². The molecule has 0 aromatic carbocycles. The van der Waals surface area contributed by atoms with Gasteiger partial charge in [-0.15, -0.1) is 0 Å². The van der Waals surface area contributed by atoms with Crippen LogP contribution in [0.25, 0.3) is 0 Å². The lowest BCUT2D eigenvalue weighted by molar-refractivity contribution is -0.109. The van der Waals surface area contributed by atoms with Crippen LogP contribution in [-0.2, 0) is 10.2 Å². The number of aromatic nitrogens is 1. The molecule has 0 N–H and O–H groups in total. The minimum absolute atomic E-state index is 0.444. The van der Waals surface area contributed by atoms with E-state index in [-0.39, 0.29) is 0 Å². The van der Waals surface area contributed by atoms with E-state index in [0.717, 1.165) is 19.1 Å². The summed E-state index contributed by atoms with van der Waals surface area (Å²) in [5, 5.41) is 0. The normalized spacial score (nSPS) is 18.8. The summed E-state index contributed by atoms with van der Waals surface area (Å²) in [6.07, 6.45) is 3.71. The van der Waals surface area contributed by atoms with Gasteiger partial charge < -0.3 is 4.79 Å². The third-order valence-electron chi connectivity index (χ3n) is 2.31. The van der Waals surface area contributed by atoms with Gasteiger partial charge >= 0.3 is 0 Å². The van der Waals surface area contributed by atoms with Crippen LogP contribution in [0.1, 0.15) is 18.4 Å². The molecular weight excluding hydrogens is 157 g/mol. The molecule has 1 aliphatic rings. The van der Waals surface area contributed by atoms with E-state index in [2.05, 4.69) is 4.98 Å². The van der Waals surface area contributed by atoms with Crippen molar-refractivity contribution < 1.29 is 9.18 Å². The highest BCUT2D eigenvalue weighted by Gasteiger charge is 2.46. The molecule has 0 bridgehead atoms. The highest BCUT2D eigenvalue weighted by atomic mass is 19.1. The average molecular weight is 165 g/mol. The first-order valence-corrected chi connectivity index (χ1v) is 3.86. The van der Waals surface area contributed by atoms with E-state index in [1.54, 1.807) is 12.1 Å². The lowest BCUT2D eigenvalue weighted by Gasteiger charge is -2.06. The molecule has 0 aliphatic heterocycles. The number of rotatable bonds is 2. The number of aldehydes is 1. The SMILES string of the molecule is O=CC1(c2cccnc2F)CC1. The minimum Gasteiger partial charge on any atom is -0.302 e. The number of carbonyl (C=O) groups is 1. The van der Waals surface area contributed by atoms with Gasteiger partial charge in [-0.05, 0) is 18.9 Å². The van der Waals surface area contributed by atoms with Crippen LogP contribution in [0, 0.1) is 5.95 Å². The van der Waals surface area contributed by atoms with Gasteiger partial charge in [0.1, 0.15) is 6.29 Å². The lowest BCUT2D eigenvalue weighted by atomic mass is 10.00. The Morgan fingerprint density at radius 1 is 1.58 bits per heavy atom. The number of pyridine rings is 1. The summed E-state index contributed by atoms with van der Waals surface area (Å²) in [5.41, 5.74) is -0.0989. The molecule has 2 nitrogen and oxygen atoms in total. The van der Waals surface area contributed by atoms with Crippen LogP contribution >= 0.6 is 0 Å². The molecule has 1 heterocycles. The first kappa shape index (κ1) is 7.40. The highest BCUT2D eigenvalue weighted by molar-refractivity contribution is 5.72. The Labute approximate surface area is 69.4 Å². The monoisotopic (exact) mass is 165 g/mol. The van der Waals surface area contributed by atoms with Gasteiger partial charge in [-0.25, -0.2) is 4.98 Å². The van der Waals surface area contributed by atoms with Crippen molar-refractivity contribution in [2.24, 2.45) is 0 Å². The fraction of sp³-hybridized carbons (Fsp3) is 0.333. The summed E-state index contributed by atoms with van der Waals surface area (Å²) in [5.74, 6) is -0.512. The highest BCUT2D eigenvalue weighted by Crippen LogP contribution is 2.46. The average Bonchev–Trinajstić information content (AvgIpc) is 2.86. The van der Waals surface area contributed by atoms with Gasteiger partial charge in [0.05, 0.1) is 5.41 Å².